The Morgan fingerprint density at radius 3 is 2.28 bits per heavy atom. The Labute approximate surface area is 173 Å². The molecule has 0 bridgehead atoms. The molecule has 0 aromatic heterocycles. The van der Waals surface area contributed by atoms with Crippen LogP contribution in [0.4, 0.5) is 0 Å². The van der Waals surface area contributed by atoms with Crippen LogP contribution in [0.1, 0.15) is 22.8 Å². The van der Waals surface area contributed by atoms with Crippen molar-refractivity contribution in [3.63, 3.8) is 0 Å². The Morgan fingerprint density at radius 1 is 0.966 bits per heavy atom. The van der Waals surface area contributed by atoms with E-state index in [-0.39, 0.29) is 11.9 Å². The van der Waals surface area contributed by atoms with Gasteiger partial charge in [0.25, 0.3) is 5.91 Å². The van der Waals surface area contributed by atoms with Crippen molar-refractivity contribution in [2.45, 2.75) is 19.5 Å². The van der Waals surface area contributed by atoms with Gasteiger partial charge in [0.05, 0.1) is 14.2 Å². The van der Waals surface area contributed by atoms with Crippen LogP contribution in [0, 0.1) is 0 Å². The highest BCUT2D eigenvalue weighted by Crippen LogP contribution is 2.27. The van der Waals surface area contributed by atoms with E-state index in [0.29, 0.717) is 17.1 Å². The zero-order valence-electron chi connectivity index (χ0n) is 17.6. The van der Waals surface area contributed by atoms with Crippen LogP contribution in [-0.2, 0) is 6.54 Å². The molecule has 1 aliphatic rings. The number of rotatable bonds is 8. The predicted octanol–water partition coefficient (Wildman–Crippen LogP) is 2.64. The quantitative estimate of drug-likeness (QED) is 0.742. The van der Waals surface area contributed by atoms with Crippen LogP contribution in [0.5, 0.6) is 11.5 Å². The molecule has 1 fully saturated rings. The number of hydrogen-bond donors (Lipinski definition) is 1. The van der Waals surface area contributed by atoms with Gasteiger partial charge in [0, 0.05) is 50.9 Å². The zero-order valence-corrected chi connectivity index (χ0v) is 17.6. The first-order chi connectivity index (χ1) is 14.1. The van der Waals surface area contributed by atoms with Crippen LogP contribution < -0.4 is 14.8 Å². The van der Waals surface area contributed by atoms with E-state index in [1.807, 2.05) is 0 Å². The fourth-order valence-corrected chi connectivity index (χ4v) is 3.69. The summed E-state index contributed by atoms with van der Waals surface area (Å²) < 4.78 is 10.5. The SMILES string of the molecule is COc1ccc(C(=O)N[C@@H](C)CN2CCN(Cc3ccccc3)CC2)cc1OC. The molecule has 2 aromatic carbocycles. The van der Waals surface area contributed by atoms with Crippen molar-refractivity contribution in [1.82, 2.24) is 15.1 Å². The third-order valence-corrected chi connectivity index (χ3v) is 5.27. The van der Waals surface area contributed by atoms with Crippen molar-refractivity contribution in [1.29, 1.82) is 0 Å². The molecule has 1 N–H and O–H groups in total. The van der Waals surface area contributed by atoms with Crippen LogP contribution in [-0.4, -0.2) is 68.7 Å². The number of ether oxygens (including phenoxy) is 2. The number of nitrogens with one attached hydrogen (secondary N) is 1. The number of carbonyl (C=O) groups is 1. The number of benzene rings is 2. The number of carbonyl (C=O) groups excluding carboxylic acids is 1. The standard InChI is InChI=1S/C23H31N3O3/c1-18(24-23(27)20-9-10-21(28-2)22(15-20)29-3)16-25-11-13-26(14-12-25)17-19-7-5-4-6-8-19/h4-10,15,18H,11-14,16-17H2,1-3H3,(H,24,27)/t18-/m0/s1. The van der Waals surface area contributed by atoms with Gasteiger partial charge in [0.1, 0.15) is 0 Å². The van der Waals surface area contributed by atoms with E-state index in [1.165, 1.54) is 5.56 Å². The normalized spacial score (nSPS) is 16.2. The lowest BCUT2D eigenvalue weighted by molar-refractivity contribution is 0.0900. The fourth-order valence-electron chi connectivity index (χ4n) is 3.69. The van der Waals surface area contributed by atoms with Crippen LogP contribution >= 0.6 is 0 Å². The maximum Gasteiger partial charge on any atom is 0.251 e. The highest BCUT2D eigenvalue weighted by Gasteiger charge is 2.20. The summed E-state index contributed by atoms with van der Waals surface area (Å²) in [4.78, 5) is 17.5. The molecule has 156 valence electrons. The summed E-state index contributed by atoms with van der Waals surface area (Å²) in [6, 6.07) is 15.9. The third kappa shape index (κ3) is 5.95. The monoisotopic (exact) mass is 397 g/mol. The summed E-state index contributed by atoms with van der Waals surface area (Å²) in [6.45, 7) is 8.02. The highest BCUT2D eigenvalue weighted by molar-refractivity contribution is 5.95. The molecule has 3 rings (SSSR count). The minimum atomic E-state index is -0.0961. The van der Waals surface area contributed by atoms with E-state index in [2.05, 4.69) is 52.4 Å². The molecule has 0 radical (unpaired) electrons. The van der Waals surface area contributed by atoms with Crippen molar-refractivity contribution < 1.29 is 14.3 Å². The number of nitrogens with zero attached hydrogens (tertiary/aromatic N) is 2. The first-order valence-electron chi connectivity index (χ1n) is 10.1. The molecular weight excluding hydrogens is 366 g/mol. The molecule has 0 saturated carbocycles. The van der Waals surface area contributed by atoms with Gasteiger partial charge in [-0.15, -0.1) is 0 Å². The first kappa shape index (κ1) is 21.1. The minimum Gasteiger partial charge on any atom is -0.493 e. The van der Waals surface area contributed by atoms with Gasteiger partial charge in [-0.2, -0.15) is 0 Å². The van der Waals surface area contributed by atoms with Gasteiger partial charge in [-0.3, -0.25) is 14.6 Å². The van der Waals surface area contributed by atoms with Gasteiger partial charge in [-0.05, 0) is 30.7 Å². The van der Waals surface area contributed by atoms with Crippen molar-refractivity contribution in [3.05, 3.63) is 59.7 Å². The van der Waals surface area contributed by atoms with Crippen LogP contribution in [0.3, 0.4) is 0 Å². The second-order valence-corrected chi connectivity index (χ2v) is 7.51. The molecule has 0 unspecified atom stereocenters. The molecule has 1 amide bonds. The molecule has 0 aliphatic carbocycles. The van der Waals surface area contributed by atoms with Crippen LogP contribution in [0.15, 0.2) is 48.5 Å². The number of amides is 1. The van der Waals surface area contributed by atoms with Crippen LogP contribution in [0.25, 0.3) is 0 Å². The van der Waals surface area contributed by atoms with E-state index in [1.54, 1.807) is 32.4 Å². The van der Waals surface area contributed by atoms with E-state index >= 15 is 0 Å². The lowest BCUT2D eigenvalue weighted by Gasteiger charge is -2.36. The summed E-state index contributed by atoms with van der Waals surface area (Å²) in [5, 5.41) is 3.09. The number of hydrogen-bond acceptors (Lipinski definition) is 5. The summed E-state index contributed by atoms with van der Waals surface area (Å²) in [5.74, 6) is 1.08. The van der Waals surface area contributed by atoms with Gasteiger partial charge >= 0.3 is 0 Å². The molecule has 2 aromatic rings. The smallest absolute Gasteiger partial charge is 0.251 e. The van der Waals surface area contributed by atoms with Crippen molar-refractivity contribution >= 4 is 5.91 Å². The summed E-state index contributed by atoms with van der Waals surface area (Å²) in [6.07, 6.45) is 0. The average Bonchev–Trinajstić information content (AvgIpc) is 2.75. The minimum absolute atomic E-state index is 0.0660. The van der Waals surface area contributed by atoms with Crippen molar-refractivity contribution in [2.75, 3.05) is 46.9 Å². The molecule has 1 heterocycles. The average molecular weight is 398 g/mol. The summed E-state index contributed by atoms with van der Waals surface area (Å²) in [7, 11) is 3.15. The van der Waals surface area contributed by atoms with Crippen LogP contribution in [0.2, 0.25) is 0 Å². The van der Waals surface area contributed by atoms with Gasteiger partial charge in [0.15, 0.2) is 11.5 Å². The molecule has 29 heavy (non-hydrogen) atoms. The summed E-state index contributed by atoms with van der Waals surface area (Å²) in [5.41, 5.74) is 1.93. The molecule has 0 spiro atoms. The summed E-state index contributed by atoms with van der Waals surface area (Å²) >= 11 is 0. The van der Waals surface area contributed by atoms with Crippen molar-refractivity contribution in [2.24, 2.45) is 0 Å². The van der Waals surface area contributed by atoms with Gasteiger partial charge in [-0.1, -0.05) is 30.3 Å². The lowest BCUT2D eigenvalue weighted by atomic mass is 10.1. The first-order valence-corrected chi connectivity index (χ1v) is 10.1. The van der Waals surface area contributed by atoms with Gasteiger partial charge in [0.2, 0.25) is 0 Å². The third-order valence-electron chi connectivity index (χ3n) is 5.27. The topological polar surface area (TPSA) is 54.0 Å². The molecular formula is C23H31N3O3. The number of piperazine rings is 1. The lowest BCUT2D eigenvalue weighted by Crippen LogP contribution is -2.50. The number of methoxy groups -OCH3 is 2. The molecule has 1 aliphatic heterocycles. The highest BCUT2D eigenvalue weighted by atomic mass is 16.5. The molecule has 6 heteroatoms. The van der Waals surface area contributed by atoms with E-state index < -0.39 is 0 Å². The maximum atomic E-state index is 12.6. The van der Waals surface area contributed by atoms with E-state index in [0.717, 1.165) is 39.3 Å². The molecule has 6 nitrogen and oxygen atoms in total. The van der Waals surface area contributed by atoms with Gasteiger partial charge in [-0.25, -0.2) is 0 Å². The Morgan fingerprint density at radius 2 is 1.62 bits per heavy atom. The predicted molar refractivity (Wildman–Crippen MR) is 115 cm³/mol. The zero-order chi connectivity index (χ0) is 20.6. The van der Waals surface area contributed by atoms with Crippen molar-refractivity contribution in [3.8, 4) is 11.5 Å². The van der Waals surface area contributed by atoms with Gasteiger partial charge < -0.3 is 14.8 Å². The Hall–Kier alpha value is -2.57. The largest absolute Gasteiger partial charge is 0.493 e. The Kier molecular flexibility index (Phi) is 7.49. The second-order valence-electron chi connectivity index (χ2n) is 7.51. The molecule has 1 saturated heterocycles. The Balaban J connectivity index is 1.45. The maximum absolute atomic E-state index is 12.6. The van der Waals surface area contributed by atoms with E-state index in [9.17, 15) is 4.79 Å². The molecule has 1 atom stereocenters. The fraction of sp³-hybridized carbons (Fsp3) is 0.435. The second kappa shape index (κ2) is 10.3. The van der Waals surface area contributed by atoms with E-state index in [4.69, 9.17) is 9.47 Å². The Bertz CT molecular complexity index is 789.